The zero-order valence-corrected chi connectivity index (χ0v) is 16.5. The third kappa shape index (κ3) is 3.09. The predicted octanol–water partition coefficient (Wildman–Crippen LogP) is 3.02. The first-order valence-corrected chi connectivity index (χ1v) is 9.66. The molecule has 4 aromatic rings. The topological polar surface area (TPSA) is 58.3 Å². The quantitative estimate of drug-likeness (QED) is 0.412. The van der Waals surface area contributed by atoms with Gasteiger partial charge in [0, 0.05) is 11.2 Å². The van der Waals surface area contributed by atoms with Crippen LogP contribution in [0.2, 0.25) is 0 Å². The van der Waals surface area contributed by atoms with Crippen LogP contribution in [0.25, 0.3) is 0 Å². The molecule has 1 aromatic heterocycles. The summed E-state index contributed by atoms with van der Waals surface area (Å²) in [5.74, 6) is 0. The number of nitrogens with zero attached hydrogens (tertiary/aromatic N) is 2. The lowest BCUT2D eigenvalue weighted by Crippen LogP contribution is -2.41. The molecule has 0 atom stereocenters. The van der Waals surface area contributed by atoms with Crippen molar-refractivity contribution in [3.05, 3.63) is 119 Å². The largest absolute Gasteiger partial charge is 0.492 e. The summed E-state index contributed by atoms with van der Waals surface area (Å²) in [6.07, 6.45) is 0. The van der Waals surface area contributed by atoms with Gasteiger partial charge in [-0.2, -0.15) is 5.10 Å². The number of aryl methyl sites for hydroxylation is 1. The molecule has 1 heterocycles. The lowest BCUT2D eigenvalue weighted by Gasteiger charge is -2.37. The molecule has 29 heavy (non-hydrogen) atoms. The maximum atomic E-state index is 9.98. The molecule has 0 saturated carbocycles. The van der Waals surface area contributed by atoms with Gasteiger partial charge in [-0.3, -0.25) is 4.68 Å². The van der Waals surface area contributed by atoms with E-state index >= 15 is 0 Å². The van der Waals surface area contributed by atoms with Crippen LogP contribution in [0, 0.1) is 13.8 Å². The Morgan fingerprint density at radius 3 is 1.38 bits per heavy atom. The van der Waals surface area contributed by atoms with Crippen LogP contribution >= 0.6 is 0 Å². The van der Waals surface area contributed by atoms with E-state index in [9.17, 15) is 10.0 Å². The second kappa shape index (κ2) is 7.70. The smallest absolute Gasteiger partial charge is 0.423 e. The summed E-state index contributed by atoms with van der Waals surface area (Å²) in [4.78, 5) is 0. The minimum atomic E-state index is -1.58. The monoisotopic (exact) mass is 382 g/mol. The summed E-state index contributed by atoms with van der Waals surface area (Å²) >= 11 is 0. The highest BCUT2D eigenvalue weighted by molar-refractivity contribution is 6.59. The van der Waals surface area contributed by atoms with Gasteiger partial charge < -0.3 is 10.0 Å². The summed E-state index contributed by atoms with van der Waals surface area (Å²) in [6.45, 7) is 3.70. The van der Waals surface area contributed by atoms with Crippen molar-refractivity contribution in [2.75, 3.05) is 0 Å². The van der Waals surface area contributed by atoms with Crippen molar-refractivity contribution >= 4 is 12.6 Å². The van der Waals surface area contributed by atoms with E-state index in [1.54, 1.807) is 0 Å². The van der Waals surface area contributed by atoms with Crippen LogP contribution in [-0.4, -0.2) is 26.9 Å². The minimum Gasteiger partial charge on any atom is -0.423 e. The number of benzene rings is 3. The Morgan fingerprint density at radius 2 is 1.07 bits per heavy atom. The lowest BCUT2D eigenvalue weighted by molar-refractivity contribution is 0.424. The number of hydrogen-bond acceptors (Lipinski definition) is 3. The molecule has 0 spiro atoms. The molecule has 144 valence electrons. The summed E-state index contributed by atoms with van der Waals surface area (Å²) < 4.78 is 1.93. The predicted molar refractivity (Wildman–Crippen MR) is 116 cm³/mol. The molecule has 0 unspecified atom stereocenters. The molecular weight excluding hydrogens is 359 g/mol. The fourth-order valence-corrected chi connectivity index (χ4v) is 4.26. The molecule has 0 aliphatic rings. The zero-order valence-electron chi connectivity index (χ0n) is 16.5. The van der Waals surface area contributed by atoms with Crippen LogP contribution in [0.3, 0.4) is 0 Å². The Morgan fingerprint density at radius 1 is 0.690 bits per heavy atom. The highest BCUT2D eigenvalue weighted by Crippen LogP contribution is 2.40. The van der Waals surface area contributed by atoms with Crippen molar-refractivity contribution in [2.24, 2.45) is 0 Å². The molecule has 2 N–H and O–H groups in total. The maximum Gasteiger partial charge on any atom is 0.492 e. The van der Waals surface area contributed by atoms with Gasteiger partial charge in [-0.15, -0.1) is 0 Å². The molecule has 4 rings (SSSR count). The van der Waals surface area contributed by atoms with Crippen LogP contribution < -0.4 is 5.46 Å². The molecule has 0 fully saturated rings. The SMILES string of the molecule is Cc1nn(C(c2ccccc2)(c2ccccc2)c2ccccc2)c(C)c1B(O)O. The fourth-order valence-electron chi connectivity index (χ4n) is 4.26. The summed E-state index contributed by atoms with van der Waals surface area (Å²) in [7, 11) is -1.58. The third-order valence-corrected chi connectivity index (χ3v) is 5.50. The van der Waals surface area contributed by atoms with Gasteiger partial charge >= 0.3 is 7.12 Å². The first-order chi connectivity index (χ1) is 14.1. The molecule has 0 bridgehead atoms. The maximum absolute atomic E-state index is 9.98. The van der Waals surface area contributed by atoms with E-state index in [1.165, 1.54) is 0 Å². The zero-order chi connectivity index (χ0) is 20.4. The molecule has 0 amide bonds. The van der Waals surface area contributed by atoms with Gasteiger partial charge in [0.05, 0.1) is 5.69 Å². The van der Waals surface area contributed by atoms with E-state index in [2.05, 4.69) is 36.4 Å². The van der Waals surface area contributed by atoms with Gasteiger partial charge in [0.2, 0.25) is 0 Å². The minimum absolute atomic E-state index is 0.442. The van der Waals surface area contributed by atoms with Crippen molar-refractivity contribution in [3.63, 3.8) is 0 Å². The van der Waals surface area contributed by atoms with Crippen molar-refractivity contribution in [1.29, 1.82) is 0 Å². The van der Waals surface area contributed by atoms with Crippen LogP contribution in [-0.2, 0) is 5.54 Å². The molecule has 4 nitrogen and oxygen atoms in total. The van der Waals surface area contributed by atoms with Gasteiger partial charge in [-0.05, 0) is 30.5 Å². The molecule has 0 aliphatic carbocycles. The van der Waals surface area contributed by atoms with Crippen LogP contribution in [0.15, 0.2) is 91.0 Å². The van der Waals surface area contributed by atoms with E-state index in [4.69, 9.17) is 5.10 Å². The van der Waals surface area contributed by atoms with Crippen molar-refractivity contribution in [3.8, 4) is 0 Å². The summed E-state index contributed by atoms with van der Waals surface area (Å²) in [6, 6.07) is 30.6. The molecule has 0 radical (unpaired) electrons. The molecule has 3 aromatic carbocycles. The van der Waals surface area contributed by atoms with Crippen molar-refractivity contribution in [1.82, 2.24) is 9.78 Å². The van der Waals surface area contributed by atoms with E-state index in [0.717, 1.165) is 16.7 Å². The third-order valence-electron chi connectivity index (χ3n) is 5.50. The average Bonchev–Trinajstić information content (AvgIpc) is 3.05. The normalized spacial score (nSPS) is 11.4. The second-order valence-corrected chi connectivity index (χ2v) is 7.18. The number of aromatic nitrogens is 2. The van der Waals surface area contributed by atoms with Gasteiger partial charge in [-0.1, -0.05) is 91.0 Å². The molecule has 5 heteroatoms. The number of rotatable bonds is 5. The van der Waals surface area contributed by atoms with E-state index in [-0.39, 0.29) is 0 Å². The summed E-state index contributed by atoms with van der Waals surface area (Å²) in [5, 5.41) is 24.8. The molecular formula is C24H23BN2O2. The standard InChI is InChI=1S/C24H23BN2O2/c1-18-23(25(28)29)19(2)27(26-18)24(20-12-6-3-7-13-20,21-14-8-4-9-15-21)22-16-10-5-11-17-22/h3-17,28-29H,1-2H3. The Labute approximate surface area is 171 Å². The Balaban J connectivity index is 2.17. The van der Waals surface area contributed by atoms with Crippen LogP contribution in [0.1, 0.15) is 28.1 Å². The fraction of sp³-hybridized carbons (Fsp3) is 0.125. The first kappa shape index (κ1) is 19.2. The Kier molecular flexibility index (Phi) is 5.09. The van der Waals surface area contributed by atoms with E-state index in [0.29, 0.717) is 16.9 Å². The summed E-state index contributed by atoms with van der Waals surface area (Å²) in [5.41, 5.74) is 4.13. The average molecular weight is 382 g/mol. The van der Waals surface area contributed by atoms with Crippen molar-refractivity contribution < 1.29 is 10.0 Å². The highest BCUT2D eigenvalue weighted by Gasteiger charge is 2.41. The van der Waals surface area contributed by atoms with Gasteiger partial charge in [0.25, 0.3) is 0 Å². The van der Waals surface area contributed by atoms with Gasteiger partial charge in [0.1, 0.15) is 5.54 Å². The molecule has 0 saturated heterocycles. The van der Waals surface area contributed by atoms with Crippen LogP contribution in [0.5, 0.6) is 0 Å². The Hall–Kier alpha value is -3.15. The van der Waals surface area contributed by atoms with Crippen molar-refractivity contribution in [2.45, 2.75) is 19.4 Å². The Bertz CT molecular complexity index is 997. The first-order valence-electron chi connectivity index (χ1n) is 9.66. The van der Waals surface area contributed by atoms with Crippen LogP contribution in [0.4, 0.5) is 0 Å². The molecule has 0 aliphatic heterocycles. The lowest BCUT2D eigenvalue weighted by atomic mass is 9.75. The van der Waals surface area contributed by atoms with E-state index < -0.39 is 12.7 Å². The van der Waals surface area contributed by atoms with E-state index in [1.807, 2.05) is 73.1 Å². The number of hydrogen-bond donors (Lipinski definition) is 2. The van der Waals surface area contributed by atoms with Gasteiger partial charge in [-0.25, -0.2) is 0 Å². The second-order valence-electron chi connectivity index (χ2n) is 7.18. The van der Waals surface area contributed by atoms with Gasteiger partial charge in [0.15, 0.2) is 0 Å². The highest BCUT2D eigenvalue weighted by atomic mass is 16.4.